The van der Waals surface area contributed by atoms with Gasteiger partial charge in [0.15, 0.2) is 0 Å². The maximum Gasteiger partial charge on any atom is 0.0122 e. The Labute approximate surface area is 85.7 Å². The van der Waals surface area contributed by atoms with Crippen LogP contribution < -0.4 is 0 Å². The van der Waals surface area contributed by atoms with E-state index in [0.717, 1.165) is 0 Å². The first-order chi connectivity index (χ1) is 5.88. The Balaban J connectivity index is 2.86. The average Bonchev–Trinajstić information content (AvgIpc) is 1.94. The molecule has 1 heteroatoms. The molecule has 0 nitrogen and oxygen atoms in total. The minimum Gasteiger partial charge on any atom is -0.120 e. The van der Waals surface area contributed by atoms with Gasteiger partial charge in [0.25, 0.3) is 0 Å². The Bertz CT molecular complexity index is 294. The predicted molar refractivity (Wildman–Crippen MR) is 61.5 cm³/mol. The first kappa shape index (κ1) is 10.6. The van der Waals surface area contributed by atoms with Crippen LogP contribution in [0.3, 0.4) is 0 Å². The molecule has 0 aliphatic heterocycles. The fourth-order valence-electron chi connectivity index (χ4n) is 1.13. The number of thioether (sulfide) groups is 1. The van der Waals surface area contributed by atoms with E-state index >= 15 is 0 Å². The lowest BCUT2D eigenvalue weighted by Gasteiger charge is -2.18. The fraction of sp³-hybridized carbons (Fsp3) is 0.500. The molecular formula is C12H18S. The molecule has 0 aliphatic carbocycles. The molecule has 0 aromatic heterocycles. The van der Waals surface area contributed by atoms with Gasteiger partial charge in [-0.25, -0.2) is 0 Å². The highest BCUT2D eigenvalue weighted by Crippen LogP contribution is 2.32. The van der Waals surface area contributed by atoms with Crippen LogP contribution >= 0.6 is 11.8 Å². The third kappa shape index (κ3) is 3.43. The van der Waals surface area contributed by atoms with Crippen LogP contribution in [0.4, 0.5) is 0 Å². The zero-order valence-electron chi connectivity index (χ0n) is 9.14. The van der Waals surface area contributed by atoms with Gasteiger partial charge in [-0.1, -0.05) is 26.8 Å². The Kier molecular flexibility index (Phi) is 3.07. The molecule has 0 saturated heterocycles. The molecule has 0 saturated carbocycles. The standard InChI is InChI=1S/C12H18S/c1-9-6-7-11(8-10(9)2)13-12(3,4)5/h6-8H,1-5H3. The van der Waals surface area contributed by atoms with Gasteiger partial charge in [0.2, 0.25) is 0 Å². The van der Waals surface area contributed by atoms with Gasteiger partial charge in [-0.05, 0) is 37.1 Å². The lowest BCUT2D eigenvalue weighted by atomic mass is 10.1. The van der Waals surface area contributed by atoms with E-state index in [2.05, 4.69) is 52.8 Å². The van der Waals surface area contributed by atoms with E-state index in [-0.39, 0.29) is 0 Å². The SMILES string of the molecule is Cc1ccc(SC(C)(C)C)cc1C. The number of rotatable bonds is 1. The Hall–Kier alpha value is -0.430. The normalized spacial score (nSPS) is 11.8. The van der Waals surface area contributed by atoms with Crippen molar-refractivity contribution in [3.63, 3.8) is 0 Å². The summed E-state index contributed by atoms with van der Waals surface area (Å²) in [6.45, 7) is 11.1. The van der Waals surface area contributed by atoms with Crippen LogP contribution in [0.15, 0.2) is 23.1 Å². The third-order valence-electron chi connectivity index (χ3n) is 1.90. The molecule has 0 bridgehead atoms. The van der Waals surface area contributed by atoms with Crippen LogP contribution in [0.1, 0.15) is 31.9 Å². The largest absolute Gasteiger partial charge is 0.120 e. The molecule has 0 radical (unpaired) electrons. The van der Waals surface area contributed by atoms with E-state index in [0.29, 0.717) is 4.75 Å². The minimum atomic E-state index is 0.307. The van der Waals surface area contributed by atoms with Gasteiger partial charge in [-0.3, -0.25) is 0 Å². The summed E-state index contributed by atoms with van der Waals surface area (Å²) in [6.07, 6.45) is 0. The molecule has 72 valence electrons. The van der Waals surface area contributed by atoms with Crippen LogP contribution in [-0.4, -0.2) is 4.75 Å². The van der Waals surface area contributed by atoms with E-state index in [4.69, 9.17) is 0 Å². The third-order valence-corrected chi connectivity index (χ3v) is 3.00. The van der Waals surface area contributed by atoms with Gasteiger partial charge in [0, 0.05) is 9.64 Å². The van der Waals surface area contributed by atoms with Gasteiger partial charge < -0.3 is 0 Å². The maximum atomic E-state index is 2.27. The van der Waals surface area contributed by atoms with Crippen molar-refractivity contribution in [1.82, 2.24) is 0 Å². The molecule has 0 spiro atoms. The Morgan fingerprint density at radius 2 is 1.62 bits per heavy atom. The summed E-state index contributed by atoms with van der Waals surface area (Å²) in [7, 11) is 0. The summed E-state index contributed by atoms with van der Waals surface area (Å²) in [5.41, 5.74) is 2.76. The number of hydrogen-bond donors (Lipinski definition) is 0. The number of benzene rings is 1. The highest BCUT2D eigenvalue weighted by molar-refractivity contribution is 8.00. The highest BCUT2D eigenvalue weighted by atomic mass is 32.2. The zero-order chi connectivity index (χ0) is 10.1. The highest BCUT2D eigenvalue weighted by Gasteiger charge is 2.11. The van der Waals surface area contributed by atoms with E-state index < -0.39 is 0 Å². The van der Waals surface area contributed by atoms with Crippen molar-refractivity contribution in [2.75, 3.05) is 0 Å². The van der Waals surface area contributed by atoms with Gasteiger partial charge in [0.1, 0.15) is 0 Å². The van der Waals surface area contributed by atoms with Crippen LogP contribution in [0, 0.1) is 13.8 Å². The molecule has 0 amide bonds. The second-order valence-electron chi connectivity index (χ2n) is 4.46. The molecule has 0 N–H and O–H groups in total. The molecule has 0 atom stereocenters. The molecular weight excluding hydrogens is 176 g/mol. The molecule has 1 rings (SSSR count). The lowest BCUT2D eigenvalue weighted by Crippen LogP contribution is -2.06. The first-order valence-electron chi connectivity index (χ1n) is 4.65. The summed E-state index contributed by atoms with van der Waals surface area (Å²) in [5, 5.41) is 0. The van der Waals surface area contributed by atoms with E-state index in [1.165, 1.54) is 16.0 Å². The summed E-state index contributed by atoms with van der Waals surface area (Å²) in [4.78, 5) is 1.37. The molecule has 1 aromatic carbocycles. The summed E-state index contributed by atoms with van der Waals surface area (Å²) < 4.78 is 0.307. The van der Waals surface area contributed by atoms with Crippen molar-refractivity contribution in [1.29, 1.82) is 0 Å². The molecule has 0 heterocycles. The van der Waals surface area contributed by atoms with E-state index in [9.17, 15) is 0 Å². The van der Waals surface area contributed by atoms with Crippen molar-refractivity contribution >= 4 is 11.8 Å². The van der Waals surface area contributed by atoms with Crippen molar-refractivity contribution < 1.29 is 0 Å². The monoisotopic (exact) mass is 194 g/mol. The number of hydrogen-bond acceptors (Lipinski definition) is 1. The number of aryl methyl sites for hydroxylation is 2. The van der Waals surface area contributed by atoms with Gasteiger partial charge in [0.05, 0.1) is 0 Å². The second-order valence-corrected chi connectivity index (χ2v) is 6.36. The van der Waals surface area contributed by atoms with Gasteiger partial charge >= 0.3 is 0 Å². The molecule has 0 aliphatic rings. The van der Waals surface area contributed by atoms with E-state index in [1.54, 1.807) is 0 Å². The van der Waals surface area contributed by atoms with Crippen molar-refractivity contribution in [2.45, 2.75) is 44.3 Å². The van der Waals surface area contributed by atoms with Gasteiger partial charge in [-0.15, -0.1) is 11.8 Å². The Morgan fingerprint density at radius 3 is 2.08 bits per heavy atom. The quantitative estimate of drug-likeness (QED) is 0.604. The summed E-state index contributed by atoms with van der Waals surface area (Å²) in [6, 6.07) is 6.67. The van der Waals surface area contributed by atoms with Crippen LogP contribution in [0.25, 0.3) is 0 Å². The maximum absolute atomic E-state index is 2.27. The van der Waals surface area contributed by atoms with Crippen LogP contribution in [0.2, 0.25) is 0 Å². The average molecular weight is 194 g/mol. The van der Waals surface area contributed by atoms with Crippen LogP contribution in [-0.2, 0) is 0 Å². The molecule has 0 fully saturated rings. The Morgan fingerprint density at radius 1 is 1.00 bits per heavy atom. The van der Waals surface area contributed by atoms with Gasteiger partial charge in [-0.2, -0.15) is 0 Å². The lowest BCUT2D eigenvalue weighted by molar-refractivity contribution is 0.802. The molecule has 1 aromatic rings. The predicted octanol–water partition coefficient (Wildman–Crippen LogP) is 4.19. The minimum absolute atomic E-state index is 0.307. The fourth-order valence-corrected chi connectivity index (χ4v) is 2.21. The first-order valence-corrected chi connectivity index (χ1v) is 5.46. The molecule has 0 unspecified atom stereocenters. The summed E-state index contributed by atoms with van der Waals surface area (Å²) in [5.74, 6) is 0. The van der Waals surface area contributed by atoms with Crippen molar-refractivity contribution in [2.24, 2.45) is 0 Å². The topological polar surface area (TPSA) is 0 Å². The van der Waals surface area contributed by atoms with E-state index in [1.807, 2.05) is 11.8 Å². The second kappa shape index (κ2) is 3.75. The summed E-state index contributed by atoms with van der Waals surface area (Å²) >= 11 is 1.92. The smallest absolute Gasteiger partial charge is 0.0122 e. The van der Waals surface area contributed by atoms with Crippen LogP contribution in [0.5, 0.6) is 0 Å². The van der Waals surface area contributed by atoms with Crippen molar-refractivity contribution in [3.8, 4) is 0 Å². The zero-order valence-corrected chi connectivity index (χ0v) is 9.96. The molecule has 13 heavy (non-hydrogen) atoms. The van der Waals surface area contributed by atoms with Crippen molar-refractivity contribution in [3.05, 3.63) is 29.3 Å².